The van der Waals surface area contributed by atoms with Gasteiger partial charge < -0.3 is 5.32 Å². The number of benzene rings is 1. The van der Waals surface area contributed by atoms with Gasteiger partial charge in [-0.05, 0) is 44.0 Å². The van der Waals surface area contributed by atoms with Crippen LogP contribution in [0.3, 0.4) is 0 Å². The molecule has 7 heteroatoms. The van der Waals surface area contributed by atoms with Gasteiger partial charge in [-0.2, -0.15) is 4.31 Å². The van der Waals surface area contributed by atoms with Crippen molar-refractivity contribution in [3.8, 4) is 0 Å². The summed E-state index contributed by atoms with van der Waals surface area (Å²) >= 11 is 11.8. The fraction of sp³-hybridized carbons (Fsp3) is 0.571. The van der Waals surface area contributed by atoms with Crippen LogP contribution in [-0.4, -0.2) is 38.4 Å². The Morgan fingerprint density at radius 3 is 2.67 bits per heavy atom. The van der Waals surface area contributed by atoms with Crippen LogP contribution in [0, 0.1) is 0 Å². The summed E-state index contributed by atoms with van der Waals surface area (Å²) in [6.45, 7) is 4.13. The lowest BCUT2D eigenvalue weighted by molar-refractivity contribution is 0.266. The van der Waals surface area contributed by atoms with Crippen molar-refractivity contribution in [2.45, 2.75) is 37.1 Å². The summed E-state index contributed by atoms with van der Waals surface area (Å²) in [6.07, 6.45) is 2.65. The van der Waals surface area contributed by atoms with E-state index in [1.807, 2.05) is 6.92 Å². The Balaban J connectivity index is 2.34. The monoisotopic (exact) mass is 350 g/mol. The smallest absolute Gasteiger partial charge is 0.243 e. The molecule has 0 aromatic heterocycles. The molecular weight excluding hydrogens is 331 g/mol. The minimum atomic E-state index is -3.55. The van der Waals surface area contributed by atoms with Gasteiger partial charge in [0, 0.05) is 19.1 Å². The van der Waals surface area contributed by atoms with E-state index in [-0.39, 0.29) is 16.0 Å². The molecule has 1 atom stereocenters. The van der Waals surface area contributed by atoms with Crippen molar-refractivity contribution < 1.29 is 8.42 Å². The van der Waals surface area contributed by atoms with E-state index in [4.69, 9.17) is 23.2 Å². The lowest BCUT2D eigenvalue weighted by Crippen LogP contribution is -2.48. The topological polar surface area (TPSA) is 49.4 Å². The average molecular weight is 351 g/mol. The summed E-state index contributed by atoms with van der Waals surface area (Å²) in [5, 5.41) is 3.88. The van der Waals surface area contributed by atoms with Crippen LogP contribution in [0.4, 0.5) is 0 Å². The van der Waals surface area contributed by atoms with Crippen LogP contribution < -0.4 is 5.32 Å². The Morgan fingerprint density at radius 2 is 2.10 bits per heavy atom. The molecule has 1 aliphatic heterocycles. The zero-order valence-electron chi connectivity index (χ0n) is 12.0. The second-order valence-electron chi connectivity index (χ2n) is 5.19. The van der Waals surface area contributed by atoms with Gasteiger partial charge in [-0.3, -0.25) is 0 Å². The number of piperidine rings is 1. The number of hydrogen-bond acceptors (Lipinski definition) is 3. The molecule has 0 amide bonds. The molecule has 0 bridgehead atoms. The van der Waals surface area contributed by atoms with E-state index in [1.54, 1.807) is 4.31 Å². The number of rotatable bonds is 5. The van der Waals surface area contributed by atoms with Gasteiger partial charge in [-0.15, -0.1) is 0 Å². The molecule has 0 spiro atoms. The van der Waals surface area contributed by atoms with Crippen LogP contribution in [0.2, 0.25) is 10.0 Å². The van der Waals surface area contributed by atoms with Gasteiger partial charge in [0.15, 0.2) is 0 Å². The zero-order chi connectivity index (χ0) is 15.5. The molecule has 1 heterocycles. The molecule has 1 N–H and O–H groups in total. The highest BCUT2D eigenvalue weighted by molar-refractivity contribution is 7.89. The first kappa shape index (κ1) is 17.0. The van der Waals surface area contributed by atoms with Crippen molar-refractivity contribution in [1.82, 2.24) is 9.62 Å². The highest BCUT2D eigenvalue weighted by Crippen LogP contribution is 2.28. The normalized spacial score (nSPS) is 19.9. The number of hydrogen-bond donors (Lipinski definition) is 1. The van der Waals surface area contributed by atoms with Crippen molar-refractivity contribution in [3.05, 3.63) is 28.2 Å². The van der Waals surface area contributed by atoms with E-state index in [1.165, 1.54) is 18.2 Å². The standard InChI is InChI=1S/C14H20Cl2N2O2S/c1-2-8-18(11-4-3-7-17-10-11)21(19,20)12-5-6-13(15)14(16)9-12/h5-6,9,11,17H,2-4,7-8,10H2,1H3. The van der Waals surface area contributed by atoms with Gasteiger partial charge in [-0.25, -0.2) is 8.42 Å². The van der Waals surface area contributed by atoms with Gasteiger partial charge in [0.25, 0.3) is 0 Å². The van der Waals surface area contributed by atoms with Gasteiger partial charge in [0.05, 0.1) is 14.9 Å². The van der Waals surface area contributed by atoms with E-state index >= 15 is 0 Å². The van der Waals surface area contributed by atoms with Crippen LogP contribution in [0.5, 0.6) is 0 Å². The fourth-order valence-electron chi connectivity index (χ4n) is 2.57. The molecule has 1 aromatic carbocycles. The SMILES string of the molecule is CCCN(C1CCCNC1)S(=O)(=O)c1ccc(Cl)c(Cl)c1. The van der Waals surface area contributed by atoms with Crippen molar-refractivity contribution in [2.24, 2.45) is 0 Å². The number of nitrogens with one attached hydrogen (secondary N) is 1. The summed E-state index contributed by atoms with van der Waals surface area (Å²) in [6, 6.07) is 4.47. The summed E-state index contributed by atoms with van der Waals surface area (Å²) in [5.74, 6) is 0. The average Bonchev–Trinajstić information content (AvgIpc) is 2.48. The Labute approximate surface area is 136 Å². The number of nitrogens with zero attached hydrogens (tertiary/aromatic N) is 1. The van der Waals surface area contributed by atoms with Gasteiger partial charge in [-0.1, -0.05) is 30.1 Å². The molecule has 2 rings (SSSR count). The van der Waals surface area contributed by atoms with Gasteiger partial charge in [0.2, 0.25) is 10.0 Å². The van der Waals surface area contributed by atoms with E-state index in [9.17, 15) is 8.42 Å². The van der Waals surface area contributed by atoms with Gasteiger partial charge in [0.1, 0.15) is 0 Å². The van der Waals surface area contributed by atoms with Crippen LogP contribution in [0.25, 0.3) is 0 Å². The summed E-state index contributed by atoms with van der Waals surface area (Å²) < 4.78 is 27.4. The molecule has 1 aromatic rings. The molecule has 1 fully saturated rings. The predicted molar refractivity (Wildman–Crippen MR) is 86.5 cm³/mol. The lowest BCUT2D eigenvalue weighted by atomic mass is 10.1. The minimum Gasteiger partial charge on any atom is -0.315 e. The van der Waals surface area contributed by atoms with Crippen molar-refractivity contribution >= 4 is 33.2 Å². The molecule has 21 heavy (non-hydrogen) atoms. The Morgan fingerprint density at radius 1 is 1.33 bits per heavy atom. The van der Waals surface area contributed by atoms with Crippen LogP contribution >= 0.6 is 23.2 Å². The first-order valence-electron chi connectivity index (χ1n) is 7.14. The second-order valence-corrected chi connectivity index (χ2v) is 7.90. The van der Waals surface area contributed by atoms with E-state index in [0.29, 0.717) is 18.1 Å². The van der Waals surface area contributed by atoms with Gasteiger partial charge >= 0.3 is 0 Å². The Hall–Kier alpha value is -0.330. The maximum Gasteiger partial charge on any atom is 0.243 e. The predicted octanol–water partition coefficient (Wildman–Crippen LogP) is 3.15. The molecule has 1 saturated heterocycles. The summed E-state index contributed by atoms with van der Waals surface area (Å²) in [5.41, 5.74) is 0. The van der Waals surface area contributed by atoms with Crippen molar-refractivity contribution in [2.75, 3.05) is 19.6 Å². The quantitative estimate of drug-likeness (QED) is 0.887. The third-order valence-corrected chi connectivity index (χ3v) is 6.31. The molecule has 118 valence electrons. The molecule has 0 radical (unpaired) electrons. The Bertz CT molecular complexity index is 587. The first-order chi connectivity index (χ1) is 9.96. The third kappa shape index (κ3) is 3.90. The third-order valence-electron chi connectivity index (χ3n) is 3.62. The van der Waals surface area contributed by atoms with E-state index in [0.717, 1.165) is 25.8 Å². The van der Waals surface area contributed by atoms with Crippen LogP contribution in [-0.2, 0) is 10.0 Å². The largest absolute Gasteiger partial charge is 0.315 e. The molecule has 1 unspecified atom stereocenters. The highest BCUT2D eigenvalue weighted by Gasteiger charge is 2.31. The molecule has 4 nitrogen and oxygen atoms in total. The molecular formula is C14H20Cl2N2O2S. The molecule has 1 aliphatic rings. The van der Waals surface area contributed by atoms with Crippen molar-refractivity contribution in [3.63, 3.8) is 0 Å². The van der Waals surface area contributed by atoms with Crippen molar-refractivity contribution in [1.29, 1.82) is 0 Å². The number of sulfonamides is 1. The van der Waals surface area contributed by atoms with Crippen LogP contribution in [0.15, 0.2) is 23.1 Å². The minimum absolute atomic E-state index is 0.00171. The van der Waals surface area contributed by atoms with E-state index in [2.05, 4.69) is 5.32 Å². The zero-order valence-corrected chi connectivity index (χ0v) is 14.3. The Kier molecular flexibility index (Phi) is 5.91. The molecule has 0 aliphatic carbocycles. The number of halogens is 2. The fourth-order valence-corrected chi connectivity index (χ4v) is 4.71. The van der Waals surface area contributed by atoms with E-state index < -0.39 is 10.0 Å². The second kappa shape index (κ2) is 7.29. The highest BCUT2D eigenvalue weighted by atomic mass is 35.5. The maximum absolute atomic E-state index is 12.9. The summed E-state index contributed by atoms with van der Waals surface area (Å²) in [7, 11) is -3.55. The lowest BCUT2D eigenvalue weighted by Gasteiger charge is -2.33. The molecule has 0 saturated carbocycles. The summed E-state index contributed by atoms with van der Waals surface area (Å²) in [4.78, 5) is 0.205. The van der Waals surface area contributed by atoms with Crippen LogP contribution in [0.1, 0.15) is 26.2 Å². The first-order valence-corrected chi connectivity index (χ1v) is 9.34. The maximum atomic E-state index is 12.9.